The SMILES string of the molecule is CNC(=O)/C=C\N(C=O)C1CCC(CS(O)(NC)OO)O1. The molecule has 0 bridgehead atoms. The van der Waals surface area contributed by atoms with Crippen molar-refractivity contribution in [1.82, 2.24) is 14.9 Å². The quantitative estimate of drug-likeness (QED) is 0.215. The summed E-state index contributed by atoms with van der Waals surface area (Å²) in [5.74, 6) is -0.262. The summed E-state index contributed by atoms with van der Waals surface area (Å²) in [6.45, 7) is 0. The number of nitrogens with one attached hydrogen (secondary N) is 2. The second-order valence-electron chi connectivity index (χ2n) is 4.36. The standard InChI is InChI=1S/C11H21N3O6S/c1-12-10(16)5-6-14(8-15)11-4-3-9(19-11)7-21(18,13-2)20-17/h5-6,8-9,11,13,17-18H,3-4,7H2,1-2H3,(H,12,16)/b6-5-. The molecule has 1 saturated heterocycles. The average molecular weight is 323 g/mol. The van der Waals surface area contributed by atoms with Crippen LogP contribution in [0.5, 0.6) is 0 Å². The predicted octanol–water partition coefficient (Wildman–Crippen LogP) is 0.0262. The van der Waals surface area contributed by atoms with Crippen LogP contribution in [-0.4, -0.2) is 59.2 Å². The minimum atomic E-state index is -2.79. The lowest BCUT2D eigenvalue weighted by Crippen LogP contribution is -2.32. The van der Waals surface area contributed by atoms with Crippen molar-refractivity contribution >= 4 is 23.1 Å². The van der Waals surface area contributed by atoms with Gasteiger partial charge in [-0.15, -0.1) is 15.1 Å². The van der Waals surface area contributed by atoms with Crippen molar-refractivity contribution in [3.05, 3.63) is 12.3 Å². The number of likely N-dealkylation sites (N-methyl/N-ethyl adjacent to an activating group) is 1. The summed E-state index contributed by atoms with van der Waals surface area (Å²) in [5, 5.41) is 11.1. The van der Waals surface area contributed by atoms with Crippen LogP contribution in [0.4, 0.5) is 0 Å². The van der Waals surface area contributed by atoms with Gasteiger partial charge in [0, 0.05) is 26.4 Å². The van der Waals surface area contributed by atoms with Crippen LogP contribution in [0.25, 0.3) is 0 Å². The maximum atomic E-state index is 11.1. The zero-order valence-electron chi connectivity index (χ0n) is 11.9. The largest absolute Gasteiger partial charge is 0.356 e. The van der Waals surface area contributed by atoms with Crippen molar-refractivity contribution in [2.24, 2.45) is 0 Å². The van der Waals surface area contributed by atoms with E-state index in [2.05, 4.69) is 14.4 Å². The zero-order valence-corrected chi connectivity index (χ0v) is 12.7. The first-order chi connectivity index (χ1) is 9.97. The molecule has 21 heavy (non-hydrogen) atoms. The summed E-state index contributed by atoms with van der Waals surface area (Å²) in [6.07, 6.45) is 3.36. The van der Waals surface area contributed by atoms with Gasteiger partial charge in [0.2, 0.25) is 12.3 Å². The molecule has 10 heteroatoms. The molecule has 0 aromatic rings. The van der Waals surface area contributed by atoms with Crippen LogP contribution in [0, 0.1) is 0 Å². The Bertz CT molecular complexity index is 390. The van der Waals surface area contributed by atoms with E-state index in [1.807, 2.05) is 0 Å². The molecular formula is C11H21N3O6S. The fraction of sp³-hybridized carbons (Fsp3) is 0.636. The van der Waals surface area contributed by atoms with E-state index in [0.29, 0.717) is 19.3 Å². The van der Waals surface area contributed by atoms with Crippen molar-refractivity contribution in [2.45, 2.75) is 25.2 Å². The lowest BCUT2D eigenvalue weighted by Gasteiger charge is -2.35. The van der Waals surface area contributed by atoms with E-state index in [4.69, 9.17) is 9.99 Å². The lowest BCUT2D eigenvalue weighted by atomic mass is 10.2. The fourth-order valence-electron chi connectivity index (χ4n) is 1.87. The maximum absolute atomic E-state index is 11.1. The number of carbonyl (C=O) groups is 2. The molecule has 3 unspecified atom stereocenters. The third-order valence-electron chi connectivity index (χ3n) is 3.04. The molecule has 0 aromatic heterocycles. The maximum Gasteiger partial charge on any atom is 0.245 e. The average Bonchev–Trinajstić information content (AvgIpc) is 2.95. The van der Waals surface area contributed by atoms with Gasteiger partial charge < -0.3 is 10.1 Å². The van der Waals surface area contributed by atoms with Gasteiger partial charge in [-0.05, 0) is 12.8 Å². The van der Waals surface area contributed by atoms with Gasteiger partial charge in [-0.25, -0.2) is 9.98 Å². The molecule has 0 aromatic carbocycles. The molecule has 0 radical (unpaired) electrons. The summed E-state index contributed by atoms with van der Waals surface area (Å²) < 4.78 is 22.0. The molecule has 0 saturated carbocycles. The summed E-state index contributed by atoms with van der Waals surface area (Å²) >= 11 is 0. The molecule has 4 N–H and O–H groups in total. The second kappa shape index (κ2) is 8.32. The Balaban J connectivity index is 2.57. The number of nitrogens with zero attached hydrogens (tertiary/aromatic N) is 1. The molecule has 1 aliphatic rings. The normalized spacial score (nSPS) is 26.3. The van der Waals surface area contributed by atoms with Crippen LogP contribution in [0.2, 0.25) is 0 Å². The first-order valence-electron chi connectivity index (χ1n) is 6.31. The molecule has 1 aliphatic heterocycles. The predicted molar refractivity (Wildman–Crippen MR) is 76.9 cm³/mol. The van der Waals surface area contributed by atoms with E-state index in [9.17, 15) is 14.1 Å². The van der Waals surface area contributed by atoms with E-state index >= 15 is 0 Å². The first kappa shape index (κ1) is 17.9. The van der Waals surface area contributed by atoms with E-state index in [-0.39, 0.29) is 17.8 Å². The highest BCUT2D eigenvalue weighted by Crippen LogP contribution is 2.41. The van der Waals surface area contributed by atoms with Crippen molar-refractivity contribution in [3.8, 4) is 0 Å². The highest BCUT2D eigenvalue weighted by atomic mass is 32.3. The third-order valence-corrected chi connectivity index (χ3v) is 4.75. The Morgan fingerprint density at radius 2 is 2.24 bits per heavy atom. The summed E-state index contributed by atoms with van der Waals surface area (Å²) in [7, 11) is 0.150. The molecular weight excluding hydrogens is 302 g/mol. The number of amides is 2. The zero-order chi connectivity index (χ0) is 15.9. The van der Waals surface area contributed by atoms with E-state index in [1.165, 1.54) is 31.3 Å². The molecule has 122 valence electrons. The molecule has 3 atom stereocenters. The molecule has 1 heterocycles. The van der Waals surface area contributed by atoms with Crippen LogP contribution in [0.1, 0.15) is 12.8 Å². The molecule has 0 aliphatic carbocycles. The number of rotatable bonds is 8. The number of hydrogen-bond donors (Lipinski definition) is 4. The Hall–Kier alpha value is -1.17. The van der Waals surface area contributed by atoms with Gasteiger partial charge >= 0.3 is 0 Å². The van der Waals surface area contributed by atoms with Crippen LogP contribution in [0.3, 0.4) is 0 Å². The van der Waals surface area contributed by atoms with Crippen molar-refractivity contribution in [1.29, 1.82) is 0 Å². The number of ether oxygens (including phenoxy) is 1. The van der Waals surface area contributed by atoms with Gasteiger partial charge in [-0.3, -0.25) is 19.0 Å². The topological polar surface area (TPSA) is 120 Å². The van der Waals surface area contributed by atoms with E-state index < -0.39 is 17.0 Å². The summed E-state index contributed by atoms with van der Waals surface area (Å²) in [4.78, 5) is 23.4. The van der Waals surface area contributed by atoms with E-state index in [1.54, 1.807) is 0 Å². The number of hydrogen-bond acceptors (Lipinski definition) is 7. The van der Waals surface area contributed by atoms with Gasteiger partial charge in [-0.1, -0.05) is 0 Å². The minimum absolute atomic E-state index is 0.0718. The molecule has 1 fully saturated rings. The highest BCUT2D eigenvalue weighted by Gasteiger charge is 2.32. The monoisotopic (exact) mass is 323 g/mol. The van der Waals surface area contributed by atoms with Crippen molar-refractivity contribution < 1.29 is 28.5 Å². The van der Waals surface area contributed by atoms with Gasteiger partial charge in [0.05, 0.1) is 11.9 Å². The summed E-state index contributed by atoms with van der Waals surface area (Å²) in [5.41, 5.74) is 0. The molecule has 0 spiro atoms. The Morgan fingerprint density at radius 1 is 1.52 bits per heavy atom. The van der Waals surface area contributed by atoms with Gasteiger partial charge in [0.25, 0.3) is 0 Å². The number of carbonyl (C=O) groups excluding carboxylic acids is 2. The molecule has 1 rings (SSSR count). The van der Waals surface area contributed by atoms with Crippen LogP contribution >= 0.6 is 10.8 Å². The Kier molecular flexibility index (Phi) is 7.08. The van der Waals surface area contributed by atoms with Gasteiger partial charge in [0.15, 0.2) is 0 Å². The lowest BCUT2D eigenvalue weighted by molar-refractivity contribution is -0.135. The molecule has 9 nitrogen and oxygen atoms in total. The highest BCUT2D eigenvalue weighted by molar-refractivity contribution is 8.23. The Morgan fingerprint density at radius 3 is 2.76 bits per heavy atom. The first-order valence-corrected chi connectivity index (χ1v) is 7.99. The van der Waals surface area contributed by atoms with Gasteiger partial charge in [-0.2, -0.15) is 0 Å². The van der Waals surface area contributed by atoms with Crippen molar-refractivity contribution in [2.75, 3.05) is 19.8 Å². The van der Waals surface area contributed by atoms with Crippen molar-refractivity contribution in [3.63, 3.8) is 0 Å². The van der Waals surface area contributed by atoms with Crippen LogP contribution in [0.15, 0.2) is 12.3 Å². The molecule has 2 amide bonds. The minimum Gasteiger partial charge on any atom is -0.356 e. The van der Waals surface area contributed by atoms with Crippen LogP contribution < -0.4 is 10.0 Å². The van der Waals surface area contributed by atoms with Crippen LogP contribution in [-0.2, 0) is 18.7 Å². The third kappa shape index (κ3) is 5.26. The smallest absolute Gasteiger partial charge is 0.245 e. The Labute approximate surface area is 124 Å². The fourth-order valence-corrected chi connectivity index (χ4v) is 2.92. The second-order valence-corrected chi connectivity index (χ2v) is 6.53. The van der Waals surface area contributed by atoms with Gasteiger partial charge in [0.1, 0.15) is 6.23 Å². The van der Waals surface area contributed by atoms with E-state index in [0.717, 1.165) is 0 Å². The summed E-state index contributed by atoms with van der Waals surface area (Å²) in [6, 6.07) is 0.